The molecule has 0 fully saturated rings. The zero-order valence-corrected chi connectivity index (χ0v) is 28.7. The van der Waals surface area contributed by atoms with Crippen molar-refractivity contribution in [1.29, 1.82) is 0 Å². The topological polar surface area (TPSA) is 79.5 Å². The molecule has 3 rings (SSSR count). The Morgan fingerprint density at radius 3 is 2.18 bits per heavy atom. The zero-order valence-electron chi connectivity index (χ0n) is 28.7. The zero-order chi connectivity index (χ0) is 33.6. The van der Waals surface area contributed by atoms with E-state index in [4.69, 9.17) is 4.42 Å². The smallest absolute Gasteiger partial charge is 0.337 e. The molecular weight excluding hydrogens is 546 g/mol. The second kappa shape index (κ2) is 18.5. The Bertz CT molecular complexity index is 1550. The number of aromatic carboxylic acids is 1. The molecule has 5 heteroatoms. The quantitative estimate of drug-likeness (QED) is 0.179. The fourth-order valence-electron chi connectivity index (χ4n) is 4.07. The first-order valence-electron chi connectivity index (χ1n) is 15.6. The number of hydrogen-bond acceptors (Lipinski definition) is 4. The van der Waals surface area contributed by atoms with Crippen molar-refractivity contribution in [1.82, 2.24) is 0 Å². The number of carboxylic acids is 1. The fourth-order valence-corrected chi connectivity index (χ4v) is 4.07. The van der Waals surface area contributed by atoms with Crippen molar-refractivity contribution in [3.63, 3.8) is 0 Å². The summed E-state index contributed by atoms with van der Waals surface area (Å²) in [6.07, 6.45) is 8.91. The summed E-state index contributed by atoms with van der Waals surface area (Å²) in [5, 5.41) is 13.4. The van der Waals surface area contributed by atoms with Gasteiger partial charge in [-0.25, -0.2) is 4.79 Å². The number of nitrogens with one attached hydrogen (secondary N) is 1. The van der Waals surface area contributed by atoms with E-state index in [1.54, 1.807) is 30.3 Å². The maximum absolute atomic E-state index is 13.3. The van der Waals surface area contributed by atoms with E-state index >= 15 is 0 Å². The maximum Gasteiger partial charge on any atom is 0.337 e. The van der Waals surface area contributed by atoms with Gasteiger partial charge in [-0.15, -0.1) is 0 Å². The van der Waals surface area contributed by atoms with Crippen LogP contribution in [0.2, 0.25) is 0 Å². The lowest BCUT2D eigenvalue weighted by Gasteiger charge is -2.19. The highest BCUT2D eigenvalue weighted by atomic mass is 16.4. The largest absolute Gasteiger partial charge is 0.478 e. The average Bonchev–Trinajstić information content (AvgIpc) is 2.98. The normalized spacial score (nSPS) is 12.5. The Balaban J connectivity index is 0.00000125. The minimum absolute atomic E-state index is 0.120. The number of carbonyl (C=O) groups is 1. The summed E-state index contributed by atoms with van der Waals surface area (Å²) in [5.74, 6) is 0.487. The Hall–Kier alpha value is -4.12. The van der Waals surface area contributed by atoms with E-state index in [2.05, 4.69) is 58.7 Å². The van der Waals surface area contributed by atoms with Gasteiger partial charge >= 0.3 is 5.97 Å². The number of anilines is 1. The van der Waals surface area contributed by atoms with Gasteiger partial charge in [0.05, 0.1) is 17.0 Å². The van der Waals surface area contributed by atoms with E-state index < -0.39 is 5.97 Å². The van der Waals surface area contributed by atoms with Crippen LogP contribution in [0.4, 0.5) is 5.69 Å². The summed E-state index contributed by atoms with van der Waals surface area (Å²) < 4.78 is 6.45. The van der Waals surface area contributed by atoms with Gasteiger partial charge in [0, 0.05) is 22.9 Å². The first-order valence-corrected chi connectivity index (χ1v) is 15.6. The van der Waals surface area contributed by atoms with E-state index in [0.29, 0.717) is 34.3 Å². The molecule has 44 heavy (non-hydrogen) atoms. The molecule has 0 bridgehead atoms. The number of allylic oxidation sites excluding steroid dienone is 7. The fraction of sp³-hybridized carbons (Fsp3) is 0.385. The molecule has 0 amide bonds. The monoisotopic (exact) mass is 599 g/mol. The van der Waals surface area contributed by atoms with Gasteiger partial charge in [0.15, 0.2) is 5.43 Å². The standard InChI is InChI=1S/C32H37NO4.C5H10.C2H6/c1-19(2)12-14-24(15-13-22(6)20(3)4)30-18-29(34)27-17-21(5)16-26(31(27)37-30)23(7)33-28-11-9-8-10-25(28)32(35)36;1-4-5(2)3;1-2/h8-12,14-18,20,22-23,33H,1,13H2,2-7H3,(H,35,36);4H,1-3H3;1-2H3/b14-12-,24-15-;;. The SMILES string of the molecule is C=C(C)/C=C\C(=C\CC(C)C(C)C)c1cc(=O)c2cc(C)cc(C(C)Nc3ccccc3C(=O)O)c2o1.CC.CC=C(C)C. The van der Waals surface area contributed by atoms with Crippen LogP contribution in [0.15, 0.2) is 93.7 Å². The van der Waals surface area contributed by atoms with Crippen LogP contribution >= 0.6 is 0 Å². The number of carboxylic acid groups (broad SMARTS) is 1. The second-order valence-electron chi connectivity index (χ2n) is 11.6. The molecule has 2 aromatic carbocycles. The lowest BCUT2D eigenvalue weighted by Crippen LogP contribution is -2.13. The Morgan fingerprint density at radius 1 is 1.02 bits per heavy atom. The first kappa shape index (κ1) is 37.9. The highest BCUT2D eigenvalue weighted by Crippen LogP contribution is 2.31. The van der Waals surface area contributed by atoms with Gasteiger partial charge in [0.25, 0.3) is 0 Å². The molecule has 2 atom stereocenters. The van der Waals surface area contributed by atoms with Crippen LogP contribution in [0, 0.1) is 18.8 Å². The third-order valence-corrected chi connectivity index (χ3v) is 7.25. The van der Waals surface area contributed by atoms with E-state index in [1.165, 1.54) is 5.57 Å². The van der Waals surface area contributed by atoms with Crippen LogP contribution < -0.4 is 10.7 Å². The van der Waals surface area contributed by atoms with Crippen molar-refractivity contribution in [2.75, 3.05) is 5.32 Å². The molecule has 1 aromatic heterocycles. The second-order valence-corrected chi connectivity index (χ2v) is 11.6. The average molecular weight is 600 g/mol. The maximum atomic E-state index is 13.3. The summed E-state index contributed by atoms with van der Waals surface area (Å²) in [5.41, 5.74) is 5.88. The number of para-hydroxylation sites is 1. The van der Waals surface area contributed by atoms with Gasteiger partial charge in [0.1, 0.15) is 11.3 Å². The highest BCUT2D eigenvalue weighted by Gasteiger charge is 2.19. The third kappa shape index (κ3) is 11.5. The molecule has 1 heterocycles. The van der Waals surface area contributed by atoms with Crippen molar-refractivity contribution >= 4 is 28.2 Å². The van der Waals surface area contributed by atoms with Crippen molar-refractivity contribution in [3.05, 3.63) is 117 Å². The number of rotatable bonds is 10. The minimum atomic E-state index is -1.01. The van der Waals surface area contributed by atoms with Gasteiger partial charge in [-0.2, -0.15) is 0 Å². The number of benzene rings is 2. The Kier molecular flexibility index (Phi) is 16.0. The molecule has 0 saturated carbocycles. The molecule has 0 aliphatic carbocycles. The molecule has 238 valence electrons. The molecule has 0 radical (unpaired) electrons. The van der Waals surface area contributed by atoms with Crippen LogP contribution in [-0.4, -0.2) is 11.1 Å². The molecule has 0 spiro atoms. The van der Waals surface area contributed by atoms with Gasteiger partial charge in [-0.3, -0.25) is 4.79 Å². The van der Waals surface area contributed by atoms with E-state index in [1.807, 2.05) is 65.8 Å². The molecule has 0 aliphatic heterocycles. The van der Waals surface area contributed by atoms with Gasteiger partial charge in [-0.05, 0) is 83.6 Å². The van der Waals surface area contributed by atoms with Gasteiger partial charge < -0.3 is 14.8 Å². The van der Waals surface area contributed by atoms with Crippen LogP contribution in [0.5, 0.6) is 0 Å². The molecular formula is C39H53NO4. The van der Waals surface area contributed by atoms with Crippen LogP contribution in [0.3, 0.4) is 0 Å². The van der Waals surface area contributed by atoms with Crippen molar-refractivity contribution in [3.8, 4) is 0 Å². The molecule has 5 nitrogen and oxygen atoms in total. The van der Waals surface area contributed by atoms with Crippen molar-refractivity contribution in [2.45, 2.75) is 88.6 Å². The van der Waals surface area contributed by atoms with E-state index in [-0.39, 0.29) is 17.0 Å². The summed E-state index contributed by atoms with van der Waals surface area (Å²) in [6.45, 7) is 26.6. The molecule has 0 saturated heterocycles. The molecule has 2 N–H and O–H groups in total. The molecule has 3 aromatic rings. The van der Waals surface area contributed by atoms with Gasteiger partial charge in [0.2, 0.25) is 0 Å². The summed E-state index contributed by atoms with van der Waals surface area (Å²) in [4.78, 5) is 25.0. The van der Waals surface area contributed by atoms with Crippen molar-refractivity contribution < 1.29 is 14.3 Å². The lowest BCUT2D eigenvalue weighted by molar-refractivity contribution is 0.0698. The summed E-state index contributed by atoms with van der Waals surface area (Å²) in [7, 11) is 0. The summed E-state index contributed by atoms with van der Waals surface area (Å²) in [6, 6.07) is 11.8. The third-order valence-electron chi connectivity index (χ3n) is 7.25. The predicted molar refractivity (Wildman–Crippen MR) is 190 cm³/mol. The number of fused-ring (bicyclic) bond motifs is 1. The number of aryl methyl sites for hydroxylation is 1. The van der Waals surface area contributed by atoms with Crippen LogP contribution in [-0.2, 0) is 0 Å². The predicted octanol–water partition coefficient (Wildman–Crippen LogP) is 11.2. The Labute approximate surface area is 265 Å². The minimum Gasteiger partial charge on any atom is -0.478 e. The summed E-state index contributed by atoms with van der Waals surface area (Å²) >= 11 is 0. The van der Waals surface area contributed by atoms with Crippen LogP contribution in [0.1, 0.15) is 109 Å². The van der Waals surface area contributed by atoms with E-state index in [9.17, 15) is 14.7 Å². The first-order chi connectivity index (χ1) is 20.7. The molecule has 2 unspecified atom stereocenters. The van der Waals surface area contributed by atoms with Gasteiger partial charge in [-0.1, -0.05) is 94.8 Å². The molecule has 0 aliphatic rings. The number of hydrogen-bond donors (Lipinski definition) is 2. The van der Waals surface area contributed by atoms with E-state index in [0.717, 1.165) is 28.7 Å². The van der Waals surface area contributed by atoms with Crippen LogP contribution in [0.25, 0.3) is 16.5 Å². The van der Waals surface area contributed by atoms with Crippen molar-refractivity contribution in [2.24, 2.45) is 11.8 Å². The lowest BCUT2D eigenvalue weighted by atomic mass is 9.93. The highest BCUT2D eigenvalue weighted by molar-refractivity contribution is 5.94. The Morgan fingerprint density at radius 2 is 1.64 bits per heavy atom.